The number of unbranched alkanes of at least 4 members (excludes halogenated alkanes) is 2. The zero-order valence-electron chi connectivity index (χ0n) is 21.9. The van der Waals surface area contributed by atoms with Gasteiger partial charge >= 0.3 is 5.97 Å². The van der Waals surface area contributed by atoms with E-state index in [9.17, 15) is 4.79 Å². The number of imidazole rings is 1. The van der Waals surface area contributed by atoms with Crippen LogP contribution >= 0.6 is 0 Å². The van der Waals surface area contributed by atoms with Gasteiger partial charge in [0.25, 0.3) is 0 Å². The monoisotopic (exact) mass is 498 g/mol. The molecule has 37 heavy (non-hydrogen) atoms. The van der Waals surface area contributed by atoms with E-state index in [2.05, 4.69) is 41.0 Å². The van der Waals surface area contributed by atoms with E-state index in [1.807, 2.05) is 36.5 Å². The lowest BCUT2D eigenvalue weighted by Crippen LogP contribution is -2.07. The van der Waals surface area contributed by atoms with Crippen LogP contribution in [0.25, 0.3) is 27.7 Å². The van der Waals surface area contributed by atoms with Gasteiger partial charge in [-0.15, -0.1) is 0 Å². The maximum absolute atomic E-state index is 12.7. The highest BCUT2D eigenvalue weighted by Crippen LogP contribution is 2.34. The minimum atomic E-state index is -0.222. The normalized spacial score (nSPS) is 11.5. The molecule has 3 heterocycles. The summed E-state index contributed by atoms with van der Waals surface area (Å²) in [5, 5.41) is 0.788. The van der Waals surface area contributed by atoms with E-state index in [0.717, 1.165) is 77.8 Å². The molecular weight excluding hydrogens is 464 g/mol. The molecule has 3 aromatic heterocycles. The van der Waals surface area contributed by atoms with E-state index in [4.69, 9.17) is 19.4 Å². The molecule has 0 saturated heterocycles. The Kier molecular flexibility index (Phi) is 7.40. The molecule has 0 fully saturated rings. The van der Waals surface area contributed by atoms with Crippen LogP contribution in [0.15, 0.2) is 54.7 Å². The average molecular weight is 499 g/mol. The number of ether oxygens (including phenoxy) is 2. The quantitative estimate of drug-likeness (QED) is 0.194. The number of esters is 1. The fourth-order valence-corrected chi connectivity index (χ4v) is 4.77. The first-order chi connectivity index (χ1) is 18.1. The smallest absolute Gasteiger partial charge is 0.311 e. The lowest BCUT2D eigenvalue weighted by Gasteiger charge is -2.10. The molecule has 192 valence electrons. The van der Waals surface area contributed by atoms with Crippen molar-refractivity contribution in [2.24, 2.45) is 0 Å². The second kappa shape index (κ2) is 11.0. The number of hydrogen-bond donors (Lipinski definition) is 0. The molecule has 0 unspecified atom stereocenters. The minimum absolute atomic E-state index is 0.222. The summed E-state index contributed by atoms with van der Waals surface area (Å²) >= 11 is 0. The number of aryl methyl sites for hydroxylation is 3. The van der Waals surface area contributed by atoms with Crippen molar-refractivity contribution in [3.05, 3.63) is 66.1 Å². The number of fused-ring (bicyclic) bond motifs is 5. The lowest BCUT2D eigenvalue weighted by molar-refractivity contribution is -0.134. The second-order valence-electron chi connectivity index (χ2n) is 9.45. The number of aromatic nitrogens is 4. The second-order valence-corrected chi connectivity index (χ2v) is 9.45. The van der Waals surface area contributed by atoms with E-state index >= 15 is 0 Å². The van der Waals surface area contributed by atoms with Gasteiger partial charge in [0.15, 0.2) is 11.4 Å². The highest BCUT2D eigenvalue weighted by molar-refractivity contribution is 6.01. The van der Waals surface area contributed by atoms with Crippen LogP contribution in [0.5, 0.6) is 11.5 Å². The molecule has 2 aromatic carbocycles. The first-order valence-corrected chi connectivity index (χ1v) is 13.3. The predicted molar refractivity (Wildman–Crippen MR) is 146 cm³/mol. The zero-order chi connectivity index (χ0) is 25.8. The van der Waals surface area contributed by atoms with Gasteiger partial charge in [0.05, 0.1) is 18.1 Å². The molecule has 0 atom stereocenters. The Morgan fingerprint density at radius 1 is 0.919 bits per heavy atom. The van der Waals surface area contributed by atoms with Gasteiger partial charge in [-0.05, 0) is 49.1 Å². The summed E-state index contributed by atoms with van der Waals surface area (Å²) in [4.78, 5) is 22.9. The maximum Gasteiger partial charge on any atom is 0.311 e. The summed E-state index contributed by atoms with van der Waals surface area (Å²) < 4.78 is 15.5. The van der Waals surface area contributed by atoms with Crippen LogP contribution in [0.3, 0.4) is 0 Å². The van der Waals surface area contributed by atoms with Crippen molar-refractivity contribution in [2.45, 2.75) is 65.3 Å². The van der Waals surface area contributed by atoms with Crippen LogP contribution in [-0.2, 0) is 24.2 Å². The number of para-hydroxylation sites is 2. The summed E-state index contributed by atoms with van der Waals surface area (Å²) in [6.45, 7) is 4.96. The molecule has 5 aromatic rings. The average Bonchev–Trinajstić information content (AvgIpc) is 3.47. The molecule has 0 N–H and O–H groups in total. The molecule has 0 aliphatic heterocycles. The van der Waals surface area contributed by atoms with Gasteiger partial charge in [-0.2, -0.15) is 0 Å². The van der Waals surface area contributed by atoms with Gasteiger partial charge in [-0.1, -0.05) is 51.0 Å². The van der Waals surface area contributed by atoms with Crippen LogP contribution < -0.4 is 9.47 Å². The predicted octanol–water partition coefficient (Wildman–Crippen LogP) is 6.53. The number of hydrogen-bond acceptors (Lipinski definition) is 5. The summed E-state index contributed by atoms with van der Waals surface area (Å²) in [6, 6.07) is 16.2. The lowest BCUT2D eigenvalue weighted by atomic mass is 10.1. The van der Waals surface area contributed by atoms with Crippen molar-refractivity contribution in [3.63, 3.8) is 0 Å². The van der Waals surface area contributed by atoms with Gasteiger partial charge in [-0.25, -0.2) is 9.97 Å². The Morgan fingerprint density at radius 3 is 2.46 bits per heavy atom. The third-order valence-corrected chi connectivity index (χ3v) is 6.81. The van der Waals surface area contributed by atoms with Crippen molar-refractivity contribution in [1.29, 1.82) is 0 Å². The first kappa shape index (κ1) is 24.8. The van der Waals surface area contributed by atoms with E-state index in [1.54, 1.807) is 7.11 Å². The molecule has 0 bridgehead atoms. The largest absolute Gasteiger partial charge is 0.497 e. The fraction of sp³-hybridized carbons (Fsp3) is 0.367. The van der Waals surface area contributed by atoms with E-state index < -0.39 is 0 Å². The SMILES string of the molecule is CCCCC(=O)Oc1cn(CCc2ccc(OC)cc2)c2nc(CCCC)n3c4ccccc4nc3c12. The number of carbonyl (C=O) groups is 1. The van der Waals surface area contributed by atoms with Gasteiger partial charge < -0.3 is 14.0 Å². The number of benzene rings is 2. The standard InChI is InChI=1S/C30H34N4O3/c1-4-6-12-26-32-29-28(30-31-23-10-8-9-11-24(23)34(26)30)25(37-27(35)13-7-5-2)20-33(29)19-18-21-14-16-22(36-3)17-15-21/h8-11,14-17,20H,4-7,12-13,18-19H2,1-3H3. The first-order valence-electron chi connectivity index (χ1n) is 13.3. The highest BCUT2D eigenvalue weighted by atomic mass is 16.5. The molecule has 5 rings (SSSR count). The molecule has 7 nitrogen and oxygen atoms in total. The van der Waals surface area contributed by atoms with Gasteiger partial charge in [0.2, 0.25) is 0 Å². The van der Waals surface area contributed by atoms with Gasteiger partial charge in [0, 0.05) is 25.6 Å². The number of rotatable bonds is 11. The minimum Gasteiger partial charge on any atom is -0.497 e. The molecule has 0 saturated carbocycles. The van der Waals surface area contributed by atoms with Crippen LogP contribution in [-0.4, -0.2) is 32.0 Å². The van der Waals surface area contributed by atoms with Crippen LogP contribution in [0.1, 0.15) is 57.3 Å². The third-order valence-electron chi connectivity index (χ3n) is 6.81. The zero-order valence-corrected chi connectivity index (χ0v) is 21.9. The Labute approximate surface area is 217 Å². The number of nitrogens with zero attached hydrogens (tertiary/aromatic N) is 4. The Morgan fingerprint density at radius 2 is 1.70 bits per heavy atom. The topological polar surface area (TPSA) is 70.7 Å². The Bertz CT molecular complexity index is 1530. The van der Waals surface area contributed by atoms with Crippen LogP contribution in [0.4, 0.5) is 0 Å². The van der Waals surface area contributed by atoms with Crippen molar-refractivity contribution < 1.29 is 14.3 Å². The third kappa shape index (κ3) is 5.03. The molecule has 0 spiro atoms. The Hall–Kier alpha value is -3.87. The van der Waals surface area contributed by atoms with E-state index in [-0.39, 0.29) is 5.97 Å². The Balaban J connectivity index is 1.64. The summed E-state index contributed by atoms with van der Waals surface area (Å²) in [7, 11) is 1.67. The van der Waals surface area contributed by atoms with E-state index in [0.29, 0.717) is 18.7 Å². The molecule has 0 radical (unpaired) electrons. The van der Waals surface area contributed by atoms with Crippen molar-refractivity contribution in [1.82, 2.24) is 18.9 Å². The number of methoxy groups -OCH3 is 1. The van der Waals surface area contributed by atoms with Crippen molar-refractivity contribution >= 4 is 33.7 Å². The number of carbonyl (C=O) groups excluding carboxylic acids is 1. The highest BCUT2D eigenvalue weighted by Gasteiger charge is 2.22. The summed E-state index contributed by atoms with van der Waals surface area (Å²) in [5.74, 6) is 2.12. The van der Waals surface area contributed by atoms with Crippen molar-refractivity contribution in [3.8, 4) is 11.5 Å². The van der Waals surface area contributed by atoms with E-state index in [1.165, 1.54) is 5.56 Å². The molecule has 0 aliphatic rings. The van der Waals surface area contributed by atoms with Crippen LogP contribution in [0.2, 0.25) is 0 Å². The summed E-state index contributed by atoms with van der Waals surface area (Å²) in [6.07, 6.45) is 7.83. The molecule has 7 heteroatoms. The molecule has 0 amide bonds. The van der Waals surface area contributed by atoms with Crippen molar-refractivity contribution in [2.75, 3.05) is 7.11 Å². The van der Waals surface area contributed by atoms with Gasteiger partial charge in [-0.3, -0.25) is 9.20 Å². The summed E-state index contributed by atoms with van der Waals surface area (Å²) in [5.41, 5.74) is 4.72. The van der Waals surface area contributed by atoms with Gasteiger partial charge in [0.1, 0.15) is 22.6 Å². The maximum atomic E-state index is 12.7. The molecular formula is C30H34N4O3. The molecule has 0 aliphatic carbocycles. The van der Waals surface area contributed by atoms with Crippen LogP contribution in [0, 0.1) is 0 Å². The fourth-order valence-electron chi connectivity index (χ4n) is 4.77.